The maximum Gasteiger partial charge on any atom is 0.282 e. The molecule has 0 radical (unpaired) electrons. The van der Waals surface area contributed by atoms with Gasteiger partial charge in [0.15, 0.2) is 12.2 Å². The van der Waals surface area contributed by atoms with Crippen LogP contribution >= 0.6 is 11.3 Å². The molecule has 0 aromatic carbocycles. The molecule has 0 aliphatic heterocycles. The average Bonchev–Trinajstić information content (AvgIpc) is 2.88. The predicted octanol–water partition coefficient (Wildman–Crippen LogP) is -8.07. The van der Waals surface area contributed by atoms with Crippen molar-refractivity contribution in [3.05, 3.63) is 44.0 Å². The van der Waals surface area contributed by atoms with E-state index in [4.69, 9.17) is 42.4 Å². The summed E-state index contributed by atoms with van der Waals surface area (Å²) in [5, 5.41) is 9.02. The molecule has 172 valence electrons. The smallest absolute Gasteiger partial charge is 0.282 e. The predicted molar refractivity (Wildman–Crippen MR) is 80.3 cm³/mol. The van der Waals surface area contributed by atoms with Crippen molar-refractivity contribution in [2.75, 3.05) is 6.61 Å². The van der Waals surface area contributed by atoms with Gasteiger partial charge in [-0.2, -0.15) is 23.5 Å². The summed E-state index contributed by atoms with van der Waals surface area (Å²) in [7, 11) is -9.64. The van der Waals surface area contributed by atoms with Crippen molar-refractivity contribution in [2.24, 2.45) is 0 Å². The lowest BCUT2D eigenvalue weighted by molar-refractivity contribution is -2.00. The zero-order valence-electron chi connectivity index (χ0n) is 16.1. The van der Waals surface area contributed by atoms with Crippen LogP contribution in [0.4, 0.5) is 0 Å². The van der Waals surface area contributed by atoms with E-state index in [0.29, 0.717) is 18.5 Å². The highest BCUT2D eigenvalue weighted by molar-refractivity contribution is 7.09. The van der Waals surface area contributed by atoms with Crippen LogP contribution in [0.2, 0.25) is 0 Å². The van der Waals surface area contributed by atoms with E-state index in [0.717, 1.165) is 22.9 Å². The molecule has 2 aromatic heterocycles. The normalized spacial score (nSPS) is 11.3. The molecule has 30 heavy (non-hydrogen) atoms. The van der Waals surface area contributed by atoms with Crippen LogP contribution < -0.4 is 42.7 Å². The molecule has 0 aliphatic carbocycles. The number of hydrogen-bond donors (Lipinski definition) is 2. The highest BCUT2D eigenvalue weighted by atomic mass is 35.7. The monoisotopic (exact) mass is 493 g/mol. The van der Waals surface area contributed by atoms with E-state index in [1.165, 1.54) is 0 Å². The Hall–Kier alpha value is -1.27. The molecule has 0 amide bonds. The highest BCUT2D eigenvalue weighted by Gasteiger charge is 2.17. The van der Waals surface area contributed by atoms with Crippen molar-refractivity contribution in [2.45, 2.75) is 40.3 Å². The molecule has 0 aliphatic rings. The SMILES string of the molecule is CCn1cc(C[n+]2csc(CCO)c2C)c(=O)nc1C.[O-][Cl+3]([O-])([O-])O.[O-][Cl+3]([O-])([O-])[O-]. The van der Waals surface area contributed by atoms with E-state index < -0.39 is 20.5 Å². The fraction of sp³-hybridized carbons (Fsp3) is 0.500. The van der Waals surface area contributed by atoms with Gasteiger partial charge in [-0.15, -0.1) is 10.2 Å². The molecule has 0 saturated carbocycles. The van der Waals surface area contributed by atoms with Crippen LogP contribution in [-0.4, -0.2) is 25.9 Å². The standard InChI is InChI=1S/C14H20N3O2S.2ClHO4/c1-4-16-7-12(14(19)15-11(16)3)8-17-9-20-13(5-6-18)10(17)2;2*2-1(3,4)5/h7,9,18H,4-6,8H2,1-3H3;2*(H,2,3,4,5)/q+1;;/p-1. The Labute approximate surface area is 179 Å². The van der Waals surface area contributed by atoms with Gasteiger partial charge in [-0.25, -0.2) is 18.6 Å². The number of thiazole rings is 1. The summed E-state index contributed by atoms with van der Waals surface area (Å²) in [4.78, 5) is 17.2. The van der Waals surface area contributed by atoms with Gasteiger partial charge in [0, 0.05) is 32.7 Å². The first-order chi connectivity index (χ1) is 13.6. The molecule has 0 atom stereocenters. The third-order valence-electron chi connectivity index (χ3n) is 3.44. The van der Waals surface area contributed by atoms with Crippen LogP contribution in [0, 0.1) is 34.3 Å². The Morgan fingerprint density at radius 3 is 2.10 bits per heavy atom. The first-order valence-electron chi connectivity index (χ1n) is 7.96. The Balaban J connectivity index is 0.000000702. The van der Waals surface area contributed by atoms with E-state index >= 15 is 0 Å². The van der Waals surface area contributed by atoms with Gasteiger partial charge in [-0.1, -0.05) is 11.3 Å². The number of aromatic nitrogens is 3. The van der Waals surface area contributed by atoms with E-state index in [-0.39, 0.29) is 12.2 Å². The van der Waals surface area contributed by atoms with Gasteiger partial charge in [0.05, 0.1) is 19.8 Å². The lowest BCUT2D eigenvalue weighted by Crippen LogP contribution is -2.68. The number of aryl methyl sites for hydroxylation is 2. The van der Waals surface area contributed by atoms with E-state index in [1.54, 1.807) is 11.3 Å². The fourth-order valence-corrected chi connectivity index (χ4v) is 3.16. The molecule has 2 heterocycles. The second-order valence-corrected chi connectivity index (χ2v) is 8.00. The van der Waals surface area contributed by atoms with Crippen LogP contribution in [0.25, 0.3) is 0 Å². The molecule has 0 unspecified atom stereocenters. The molecule has 13 nitrogen and oxygen atoms in total. The maximum absolute atomic E-state index is 12.0. The van der Waals surface area contributed by atoms with Crippen LogP contribution in [0.1, 0.15) is 28.9 Å². The number of hydrogen-bond acceptors (Lipinski definition) is 12. The van der Waals surface area contributed by atoms with Gasteiger partial charge in [-0.05, 0) is 13.8 Å². The second kappa shape index (κ2) is 12.6. The molecule has 0 spiro atoms. The van der Waals surface area contributed by atoms with Gasteiger partial charge in [0.1, 0.15) is 11.4 Å². The minimum absolute atomic E-state index is 0.149. The summed E-state index contributed by atoms with van der Waals surface area (Å²) in [6.45, 7) is 7.37. The van der Waals surface area contributed by atoms with Crippen LogP contribution in [0.5, 0.6) is 0 Å². The first kappa shape index (κ1) is 28.7. The Bertz CT molecular complexity index is 824. The molecule has 0 fully saturated rings. The number of aliphatic hydroxyl groups is 1. The Morgan fingerprint density at radius 2 is 1.67 bits per heavy atom. The summed E-state index contributed by atoms with van der Waals surface area (Å²) in [6, 6.07) is 0. The van der Waals surface area contributed by atoms with Crippen LogP contribution in [-0.2, 0) is 19.5 Å². The van der Waals surface area contributed by atoms with Gasteiger partial charge >= 0.3 is 0 Å². The number of rotatable bonds is 5. The quantitative estimate of drug-likeness (QED) is 0.370. The minimum Gasteiger partial charge on any atom is -0.396 e. The van der Waals surface area contributed by atoms with Gasteiger partial charge in [0.2, 0.25) is 5.51 Å². The summed E-state index contributed by atoms with van der Waals surface area (Å²) < 4.78 is 70.7. The van der Waals surface area contributed by atoms with Crippen LogP contribution in [0.3, 0.4) is 0 Å². The fourth-order valence-electron chi connectivity index (χ4n) is 2.18. The average molecular weight is 494 g/mol. The number of halogens is 2. The maximum atomic E-state index is 12.0. The Kier molecular flexibility index (Phi) is 12.0. The Morgan fingerprint density at radius 1 is 1.17 bits per heavy atom. The summed E-state index contributed by atoms with van der Waals surface area (Å²) in [6.07, 6.45) is 2.55. The van der Waals surface area contributed by atoms with Gasteiger partial charge in [-0.3, -0.25) is 4.79 Å². The molecular weight excluding hydrogens is 473 g/mol. The zero-order valence-corrected chi connectivity index (χ0v) is 18.5. The molecule has 2 rings (SSSR count). The largest absolute Gasteiger partial charge is 0.396 e. The van der Waals surface area contributed by atoms with Crippen molar-refractivity contribution >= 4 is 11.3 Å². The molecular formula is C14H21Cl2N3O10S. The van der Waals surface area contributed by atoms with Crippen molar-refractivity contribution < 1.29 is 67.4 Å². The van der Waals surface area contributed by atoms with E-state index in [2.05, 4.69) is 4.98 Å². The molecule has 2 aromatic rings. The molecule has 0 bridgehead atoms. The lowest BCUT2D eigenvalue weighted by atomic mass is 10.2. The summed E-state index contributed by atoms with van der Waals surface area (Å²) >= 11 is 1.61. The number of aliphatic hydroxyl groups excluding tert-OH is 1. The van der Waals surface area contributed by atoms with Crippen molar-refractivity contribution in [3.63, 3.8) is 0 Å². The van der Waals surface area contributed by atoms with Crippen molar-refractivity contribution in [1.29, 1.82) is 0 Å². The highest BCUT2D eigenvalue weighted by Crippen LogP contribution is 2.11. The summed E-state index contributed by atoms with van der Waals surface area (Å²) in [5.41, 5.74) is 3.63. The lowest BCUT2D eigenvalue weighted by Gasteiger charge is -2.17. The second-order valence-electron chi connectivity index (χ2n) is 5.51. The number of nitrogens with zero attached hydrogens (tertiary/aromatic N) is 3. The molecule has 2 N–H and O–H groups in total. The zero-order chi connectivity index (χ0) is 23.7. The molecule has 0 saturated heterocycles. The van der Waals surface area contributed by atoms with Gasteiger partial charge in [0.25, 0.3) is 5.56 Å². The van der Waals surface area contributed by atoms with Gasteiger partial charge < -0.3 is 9.67 Å². The minimum atomic E-state index is -4.94. The van der Waals surface area contributed by atoms with Crippen molar-refractivity contribution in [1.82, 2.24) is 9.55 Å². The van der Waals surface area contributed by atoms with Crippen LogP contribution in [0.15, 0.2) is 16.5 Å². The van der Waals surface area contributed by atoms with E-state index in [1.807, 2.05) is 41.6 Å². The van der Waals surface area contributed by atoms with E-state index in [9.17, 15) is 4.79 Å². The summed E-state index contributed by atoms with van der Waals surface area (Å²) in [5.74, 6) is 0.745. The topological polar surface area (TPSA) is 241 Å². The van der Waals surface area contributed by atoms with Crippen molar-refractivity contribution in [3.8, 4) is 0 Å². The first-order valence-corrected chi connectivity index (χ1v) is 11.3. The third kappa shape index (κ3) is 13.1. The molecule has 16 heteroatoms. The third-order valence-corrected chi connectivity index (χ3v) is 4.59.